The van der Waals surface area contributed by atoms with Crippen molar-refractivity contribution in [1.82, 2.24) is 10.6 Å². The molecule has 0 aromatic rings. The quantitative estimate of drug-likeness (QED) is 0.667. The van der Waals surface area contributed by atoms with E-state index in [4.69, 9.17) is 4.74 Å². The number of methoxy groups -OCH3 is 1. The lowest BCUT2D eigenvalue weighted by Crippen LogP contribution is -2.48. The summed E-state index contributed by atoms with van der Waals surface area (Å²) in [5.74, 6) is -0.337. The smallest absolute Gasteiger partial charge is 0.242 e. The summed E-state index contributed by atoms with van der Waals surface area (Å²) >= 11 is 0. The van der Waals surface area contributed by atoms with Crippen LogP contribution in [0.4, 0.5) is 0 Å². The van der Waals surface area contributed by atoms with Crippen LogP contribution in [0.3, 0.4) is 0 Å². The SMILES string of the molecule is COCCNC(=O)C(C)NC(=O)C(C)(C)C. The Morgan fingerprint density at radius 3 is 2.31 bits per heavy atom. The van der Waals surface area contributed by atoms with Crippen LogP contribution >= 0.6 is 0 Å². The van der Waals surface area contributed by atoms with Gasteiger partial charge in [0.15, 0.2) is 0 Å². The third kappa shape index (κ3) is 5.70. The molecule has 94 valence electrons. The van der Waals surface area contributed by atoms with Crippen LogP contribution in [0.5, 0.6) is 0 Å². The van der Waals surface area contributed by atoms with Crippen LogP contribution in [0.15, 0.2) is 0 Å². The van der Waals surface area contributed by atoms with E-state index >= 15 is 0 Å². The van der Waals surface area contributed by atoms with Gasteiger partial charge in [-0.3, -0.25) is 9.59 Å². The minimum Gasteiger partial charge on any atom is -0.383 e. The van der Waals surface area contributed by atoms with Gasteiger partial charge in [-0.1, -0.05) is 20.8 Å². The molecule has 0 aliphatic carbocycles. The van der Waals surface area contributed by atoms with Crippen LogP contribution in [0.2, 0.25) is 0 Å². The molecular weight excluding hydrogens is 208 g/mol. The minimum absolute atomic E-state index is 0.137. The van der Waals surface area contributed by atoms with E-state index in [1.165, 1.54) is 0 Å². The van der Waals surface area contributed by atoms with E-state index in [0.717, 1.165) is 0 Å². The summed E-state index contributed by atoms with van der Waals surface area (Å²) in [6.07, 6.45) is 0. The fourth-order valence-electron chi connectivity index (χ4n) is 0.908. The highest BCUT2D eigenvalue weighted by Gasteiger charge is 2.24. The van der Waals surface area contributed by atoms with Gasteiger partial charge in [0.25, 0.3) is 0 Å². The van der Waals surface area contributed by atoms with Crippen molar-refractivity contribution >= 4 is 11.8 Å². The molecule has 1 unspecified atom stereocenters. The first-order valence-electron chi connectivity index (χ1n) is 5.36. The normalized spacial score (nSPS) is 13.1. The molecule has 0 rings (SSSR count). The second-order valence-electron chi connectivity index (χ2n) is 4.73. The van der Waals surface area contributed by atoms with Gasteiger partial charge in [-0.25, -0.2) is 0 Å². The predicted octanol–water partition coefficient (Wildman–Crippen LogP) is 0.300. The van der Waals surface area contributed by atoms with Crippen molar-refractivity contribution in [3.05, 3.63) is 0 Å². The molecule has 5 heteroatoms. The molecule has 0 aromatic heterocycles. The van der Waals surface area contributed by atoms with Gasteiger partial charge in [-0.05, 0) is 6.92 Å². The molecule has 5 nitrogen and oxygen atoms in total. The second kappa shape index (κ2) is 6.48. The van der Waals surface area contributed by atoms with E-state index in [1.54, 1.807) is 34.8 Å². The molecule has 0 radical (unpaired) electrons. The zero-order chi connectivity index (χ0) is 12.8. The highest BCUT2D eigenvalue weighted by Crippen LogP contribution is 2.12. The first-order valence-corrected chi connectivity index (χ1v) is 5.36. The number of carbonyl (C=O) groups is 2. The van der Waals surface area contributed by atoms with E-state index in [9.17, 15) is 9.59 Å². The standard InChI is InChI=1S/C11H22N2O3/c1-8(9(14)12-6-7-16-5)13-10(15)11(2,3)4/h8H,6-7H2,1-5H3,(H,12,14)(H,13,15). The molecule has 0 saturated heterocycles. The summed E-state index contributed by atoms with van der Waals surface area (Å²) in [6, 6.07) is -0.524. The maximum atomic E-state index is 11.6. The van der Waals surface area contributed by atoms with Gasteiger partial charge >= 0.3 is 0 Å². The lowest BCUT2D eigenvalue weighted by molar-refractivity contribution is -0.133. The van der Waals surface area contributed by atoms with Gasteiger partial charge in [-0.2, -0.15) is 0 Å². The minimum atomic E-state index is -0.524. The average molecular weight is 230 g/mol. The highest BCUT2D eigenvalue weighted by atomic mass is 16.5. The topological polar surface area (TPSA) is 67.4 Å². The summed E-state index contributed by atoms with van der Waals surface area (Å²) in [5.41, 5.74) is -0.485. The van der Waals surface area contributed by atoms with Crippen molar-refractivity contribution in [2.24, 2.45) is 5.41 Å². The van der Waals surface area contributed by atoms with E-state index in [1.807, 2.05) is 0 Å². The Morgan fingerprint density at radius 1 is 1.31 bits per heavy atom. The summed E-state index contributed by atoms with van der Waals surface area (Å²) < 4.78 is 4.81. The molecular formula is C11H22N2O3. The summed E-state index contributed by atoms with van der Waals surface area (Å²) in [7, 11) is 1.57. The van der Waals surface area contributed by atoms with Gasteiger partial charge in [0.2, 0.25) is 11.8 Å². The Bertz CT molecular complexity index is 246. The summed E-state index contributed by atoms with van der Waals surface area (Å²) in [4.78, 5) is 23.1. The molecule has 0 spiro atoms. The molecule has 0 saturated carbocycles. The first-order chi connectivity index (χ1) is 7.29. The Hall–Kier alpha value is -1.10. The Kier molecular flexibility index (Phi) is 6.03. The predicted molar refractivity (Wildman–Crippen MR) is 61.9 cm³/mol. The second-order valence-corrected chi connectivity index (χ2v) is 4.73. The molecule has 0 aliphatic heterocycles. The van der Waals surface area contributed by atoms with Gasteiger partial charge in [0, 0.05) is 19.1 Å². The van der Waals surface area contributed by atoms with Crippen LogP contribution in [-0.4, -0.2) is 38.1 Å². The van der Waals surface area contributed by atoms with Gasteiger partial charge in [0.05, 0.1) is 6.61 Å². The summed E-state index contributed by atoms with van der Waals surface area (Å²) in [6.45, 7) is 7.98. The molecule has 16 heavy (non-hydrogen) atoms. The number of hydrogen-bond acceptors (Lipinski definition) is 3. The number of amides is 2. The molecule has 0 bridgehead atoms. The van der Waals surface area contributed by atoms with Crippen molar-refractivity contribution in [3.8, 4) is 0 Å². The van der Waals surface area contributed by atoms with Crippen LogP contribution in [0, 0.1) is 5.41 Å². The third-order valence-electron chi connectivity index (χ3n) is 2.03. The Labute approximate surface area is 96.9 Å². The molecule has 1 atom stereocenters. The number of rotatable bonds is 5. The van der Waals surface area contributed by atoms with Gasteiger partial charge in [-0.15, -0.1) is 0 Å². The molecule has 0 fully saturated rings. The van der Waals surface area contributed by atoms with Crippen LogP contribution < -0.4 is 10.6 Å². The van der Waals surface area contributed by atoms with Crippen molar-refractivity contribution in [2.75, 3.05) is 20.3 Å². The molecule has 0 aromatic carbocycles. The average Bonchev–Trinajstić information content (AvgIpc) is 2.16. The van der Waals surface area contributed by atoms with Crippen molar-refractivity contribution in [1.29, 1.82) is 0 Å². The molecule has 0 aliphatic rings. The lowest BCUT2D eigenvalue weighted by Gasteiger charge is -2.21. The largest absolute Gasteiger partial charge is 0.383 e. The maximum absolute atomic E-state index is 11.6. The van der Waals surface area contributed by atoms with Crippen molar-refractivity contribution < 1.29 is 14.3 Å². The van der Waals surface area contributed by atoms with Gasteiger partial charge in [0.1, 0.15) is 6.04 Å². The van der Waals surface area contributed by atoms with Crippen LogP contribution in [0.1, 0.15) is 27.7 Å². The first kappa shape index (κ1) is 14.9. The van der Waals surface area contributed by atoms with Gasteiger partial charge < -0.3 is 15.4 Å². The zero-order valence-corrected chi connectivity index (χ0v) is 10.7. The van der Waals surface area contributed by atoms with Crippen LogP contribution in [0.25, 0.3) is 0 Å². The van der Waals surface area contributed by atoms with Crippen molar-refractivity contribution in [3.63, 3.8) is 0 Å². The van der Waals surface area contributed by atoms with E-state index < -0.39 is 11.5 Å². The maximum Gasteiger partial charge on any atom is 0.242 e. The third-order valence-corrected chi connectivity index (χ3v) is 2.03. The number of nitrogens with one attached hydrogen (secondary N) is 2. The highest BCUT2D eigenvalue weighted by molar-refractivity contribution is 5.89. The Balaban J connectivity index is 4.01. The van der Waals surface area contributed by atoms with E-state index in [0.29, 0.717) is 13.2 Å². The Morgan fingerprint density at radius 2 is 1.88 bits per heavy atom. The lowest BCUT2D eigenvalue weighted by atomic mass is 9.95. The molecule has 2 amide bonds. The van der Waals surface area contributed by atoms with E-state index in [-0.39, 0.29) is 11.8 Å². The fraction of sp³-hybridized carbons (Fsp3) is 0.818. The number of ether oxygens (including phenoxy) is 1. The van der Waals surface area contributed by atoms with E-state index in [2.05, 4.69) is 10.6 Å². The zero-order valence-electron chi connectivity index (χ0n) is 10.7. The monoisotopic (exact) mass is 230 g/mol. The van der Waals surface area contributed by atoms with Crippen molar-refractivity contribution in [2.45, 2.75) is 33.7 Å². The number of hydrogen-bond donors (Lipinski definition) is 2. The number of carbonyl (C=O) groups excluding carboxylic acids is 2. The molecule has 2 N–H and O–H groups in total. The summed E-state index contributed by atoms with van der Waals surface area (Å²) in [5, 5.41) is 5.32. The molecule has 0 heterocycles. The fourth-order valence-corrected chi connectivity index (χ4v) is 0.908. The van der Waals surface area contributed by atoms with Crippen LogP contribution in [-0.2, 0) is 14.3 Å².